The minimum atomic E-state index is 0.412. The minimum absolute atomic E-state index is 0.412. The van der Waals surface area contributed by atoms with Crippen molar-refractivity contribution in [2.24, 2.45) is 0 Å². The van der Waals surface area contributed by atoms with Crippen LogP contribution in [0, 0.1) is 0 Å². The monoisotopic (exact) mass is 301 g/mol. The SMILES string of the molecule is CNC(c1ccc(Cl)cc1)C1CSC(C)C(C)S1. The molecule has 18 heavy (non-hydrogen) atoms. The smallest absolute Gasteiger partial charge is 0.0446 e. The third-order valence-corrected chi connectivity index (χ3v) is 7.23. The molecule has 1 nitrogen and oxygen atoms in total. The van der Waals surface area contributed by atoms with Crippen molar-refractivity contribution >= 4 is 35.1 Å². The van der Waals surface area contributed by atoms with Crippen LogP contribution in [0.3, 0.4) is 0 Å². The zero-order chi connectivity index (χ0) is 13.1. The highest BCUT2D eigenvalue weighted by atomic mass is 35.5. The van der Waals surface area contributed by atoms with Gasteiger partial charge in [-0.1, -0.05) is 37.6 Å². The van der Waals surface area contributed by atoms with E-state index in [2.05, 4.69) is 54.8 Å². The van der Waals surface area contributed by atoms with Crippen molar-refractivity contribution in [3.8, 4) is 0 Å². The second kappa shape index (κ2) is 6.56. The lowest BCUT2D eigenvalue weighted by Crippen LogP contribution is -2.35. The summed E-state index contributed by atoms with van der Waals surface area (Å²) < 4.78 is 0. The Morgan fingerprint density at radius 2 is 1.89 bits per heavy atom. The number of hydrogen-bond donors (Lipinski definition) is 1. The predicted octanol–water partition coefficient (Wildman–Crippen LogP) is 4.23. The average Bonchev–Trinajstić information content (AvgIpc) is 2.37. The van der Waals surface area contributed by atoms with Crippen LogP contribution >= 0.6 is 35.1 Å². The molecule has 4 heteroatoms. The molecule has 1 N–H and O–H groups in total. The van der Waals surface area contributed by atoms with E-state index in [1.54, 1.807) is 0 Å². The van der Waals surface area contributed by atoms with Crippen molar-refractivity contribution in [3.05, 3.63) is 34.9 Å². The van der Waals surface area contributed by atoms with Gasteiger partial charge in [0.05, 0.1) is 0 Å². The molecule has 4 atom stereocenters. The molecular formula is C14H20ClNS2. The van der Waals surface area contributed by atoms with Crippen molar-refractivity contribution in [1.29, 1.82) is 0 Å². The van der Waals surface area contributed by atoms with E-state index in [4.69, 9.17) is 11.6 Å². The molecule has 1 aliphatic rings. The Morgan fingerprint density at radius 3 is 2.44 bits per heavy atom. The number of halogens is 1. The van der Waals surface area contributed by atoms with Crippen LogP contribution < -0.4 is 5.32 Å². The van der Waals surface area contributed by atoms with Crippen LogP contribution in [0.5, 0.6) is 0 Å². The van der Waals surface area contributed by atoms with E-state index in [1.165, 1.54) is 11.3 Å². The highest BCUT2D eigenvalue weighted by Gasteiger charge is 2.31. The van der Waals surface area contributed by atoms with Gasteiger partial charge in [0.15, 0.2) is 0 Å². The van der Waals surface area contributed by atoms with Crippen molar-refractivity contribution in [2.75, 3.05) is 12.8 Å². The van der Waals surface area contributed by atoms with Crippen molar-refractivity contribution in [2.45, 2.75) is 35.6 Å². The summed E-state index contributed by atoms with van der Waals surface area (Å²) in [5, 5.41) is 6.38. The summed E-state index contributed by atoms with van der Waals surface area (Å²) in [7, 11) is 2.05. The molecule has 0 spiro atoms. The van der Waals surface area contributed by atoms with E-state index in [1.807, 2.05) is 19.2 Å². The number of hydrogen-bond acceptors (Lipinski definition) is 3. The number of rotatable bonds is 3. The Bertz CT molecular complexity index is 382. The van der Waals surface area contributed by atoms with Gasteiger partial charge in [0.25, 0.3) is 0 Å². The lowest BCUT2D eigenvalue weighted by atomic mass is 10.0. The maximum Gasteiger partial charge on any atom is 0.0446 e. The Kier molecular flexibility index (Phi) is 5.31. The summed E-state index contributed by atoms with van der Waals surface area (Å²) in [6.45, 7) is 4.66. The van der Waals surface area contributed by atoms with Gasteiger partial charge in [-0.05, 0) is 24.7 Å². The van der Waals surface area contributed by atoms with E-state index < -0.39 is 0 Å². The average molecular weight is 302 g/mol. The number of nitrogens with one attached hydrogen (secondary N) is 1. The van der Waals surface area contributed by atoms with E-state index in [0.29, 0.717) is 11.3 Å². The molecule has 1 aromatic rings. The molecule has 0 aliphatic carbocycles. The Hall–Kier alpha value is 0.170. The van der Waals surface area contributed by atoms with Gasteiger partial charge in [-0.25, -0.2) is 0 Å². The second-order valence-electron chi connectivity index (χ2n) is 4.74. The van der Waals surface area contributed by atoms with E-state index in [-0.39, 0.29) is 0 Å². The summed E-state index contributed by atoms with van der Waals surface area (Å²) in [5.41, 5.74) is 1.33. The molecule has 0 amide bonds. The van der Waals surface area contributed by atoms with Crippen molar-refractivity contribution < 1.29 is 0 Å². The Balaban J connectivity index is 2.11. The van der Waals surface area contributed by atoms with Crippen LogP contribution in [-0.4, -0.2) is 28.6 Å². The first-order valence-corrected chi connectivity index (χ1v) is 8.68. The summed E-state index contributed by atoms with van der Waals surface area (Å²) in [5.74, 6) is 1.21. The van der Waals surface area contributed by atoms with Crippen molar-refractivity contribution in [1.82, 2.24) is 5.32 Å². The third-order valence-electron chi connectivity index (χ3n) is 3.49. The van der Waals surface area contributed by atoms with E-state index in [0.717, 1.165) is 15.5 Å². The normalized spacial score (nSPS) is 30.1. The maximum absolute atomic E-state index is 5.96. The van der Waals surface area contributed by atoms with Gasteiger partial charge in [-0.2, -0.15) is 23.5 Å². The minimum Gasteiger partial charge on any atom is -0.312 e. The van der Waals surface area contributed by atoms with Gasteiger partial charge in [-0.3, -0.25) is 0 Å². The zero-order valence-corrected chi connectivity index (χ0v) is 13.4. The van der Waals surface area contributed by atoms with E-state index >= 15 is 0 Å². The molecule has 0 radical (unpaired) electrons. The highest BCUT2D eigenvalue weighted by Crippen LogP contribution is 2.40. The lowest BCUT2D eigenvalue weighted by molar-refractivity contribution is 0.588. The van der Waals surface area contributed by atoms with Crippen LogP contribution in [0.4, 0.5) is 0 Å². The summed E-state index contributed by atoms with van der Waals surface area (Å²) >= 11 is 10.2. The topological polar surface area (TPSA) is 12.0 Å². The molecule has 0 aromatic heterocycles. The van der Waals surface area contributed by atoms with Gasteiger partial charge >= 0.3 is 0 Å². The number of thioether (sulfide) groups is 2. The number of benzene rings is 1. The first-order chi connectivity index (χ1) is 8.61. The van der Waals surface area contributed by atoms with Crippen LogP contribution in [0.25, 0.3) is 0 Å². The fourth-order valence-corrected chi connectivity index (χ4v) is 5.50. The highest BCUT2D eigenvalue weighted by molar-refractivity contribution is 8.07. The van der Waals surface area contributed by atoms with Crippen molar-refractivity contribution in [3.63, 3.8) is 0 Å². The fourth-order valence-electron chi connectivity index (χ4n) is 2.22. The predicted molar refractivity (Wildman–Crippen MR) is 86.0 cm³/mol. The van der Waals surface area contributed by atoms with Crippen LogP contribution in [0.2, 0.25) is 5.02 Å². The zero-order valence-electron chi connectivity index (χ0n) is 11.0. The molecule has 1 aliphatic heterocycles. The van der Waals surface area contributed by atoms with Gasteiger partial charge in [-0.15, -0.1) is 0 Å². The lowest BCUT2D eigenvalue weighted by Gasteiger charge is -2.36. The molecule has 1 aromatic carbocycles. The van der Waals surface area contributed by atoms with Crippen LogP contribution in [0.1, 0.15) is 25.5 Å². The molecule has 1 saturated heterocycles. The van der Waals surface area contributed by atoms with Gasteiger partial charge in [0.1, 0.15) is 0 Å². The van der Waals surface area contributed by atoms with Gasteiger partial charge < -0.3 is 5.32 Å². The van der Waals surface area contributed by atoms with Gasteiger partial charge in [0, 0.05) is 32.6 Å². The third kappa shape index (κ3) is 3.38. The quantitative estimate of drug-likeness (QED) is 0.897. The molecule has 100 valence electrons. The Labute approximate surface area is 123 Å². The fraction of sp³-hybridized carbons (Fsp3) is 0.571. The molecule has 1 fully saturated rings. The summed E-state index contributed by atoms with van der Waals surface area (Å²) in [6.07, 6.45) is 0. The maximum atomic E-state index is 5.96. The first kappa shape index (κ1) is 14.6. The molecule has 0 saturated carbocycles. The molecule has 4 unspecified atom stereocenters. The van der Waals surface area contributed by atoms with Crippen LogP contribution in [0.15, 0.2) is 24.3 Å². The molecule has 2 rings (SSSR count). The van der Waals surface area contributed by atoms with E-state index in [9.17, 15) is 0 Å². The van der Waals surface area contributed by atoms with Gasteiger partial charge in [0.2, 0.25) is 0 Å². The Morgan fingerprint density at radius 1 is 1.22 bits per heavy atom. The largest absolute Gasteiger partial charge is 0.312 e. The summed E-state index contributed by atoms with van der Waals surface area (Å²) in [6, 6.07) is 8.64. The molecular weight excluding hydrogens is 282 g/mol. The van der Waals surface area contributed by atoms with Crippen LogP contribution in [-0.2, 0) is 0 Å². The first-order valence-electron chi connectivity index (χ1n) is 6.31. The molecule has 0 bridgehead atoms. The second-order valence-corrected chi connectivity index (χ2v) is 8.20. The standard InChI is InChI=1S/C14H20ClNS2/c1-9-10(2)18-13(8-17-9)14(16-3)11-4-6-12(15)7-5-11/h4-7,9-10,13-14,16H,8H2,1-3H3. The molecule has 1 heterocycles. The summed E-state index contributed by atoms with van der Waals surface area (Å²) in [4.78, 5) is 0.